The molecule has 0 spiro atoms. The number of para-hydroxylation sites is 1. The lowest BCUT2D eigenvalue weighted by Gasteiger charge is -2.34. The van der Waals surface area contributed by atoms with Crippen LogP contribution in [0.2, 0.25) is 0 Å². The number of hydrogen-bond acceptors (Lipinski definition) is 8. The van der Waals surface area contributed by atoms with Gasteiger partial charge in [-0.3, -0.25) is 14.4 Å². The normalized spacial score (nSPS) is 12.9. The second-order valence-electron chi connectivity index (χ2n) is 9.89. The molecule has 37 heavy (non-hydrogen) atoms. The van der Waals surface area contributed by atoms with Crippen LogP contribution in [0, 0.1) is 5.92 Å². The number of rotatable bonds is 13. The van der Waals surface area contributed by atoms with Crippen molar-refractivity contribution in [1.82, 2.24) is 15.5 Å². The maximum atomic E-state index is 13.8. The van der Waals surface area contributed by atoms with Crippen molar-refractivity contribution in [1.29, 1.82) is 0 Å². The number of benzene rings is 1. The van der Waals surface area contributed by atoms with Crippen molar-refractivity contribution in [2.75, 3.05) is 26.3 Å². The summed E-state index contributed by atoms with van der Waals surface area (Å²) in [6.45, 7) is 9.90. The van der Waals surface area contributed by atoms with Crippen LogP contribution in [0.25, 0.3) is 0 Å². The van der Waals surface area contributed by atoms with E-state index in [9.17, 15) is 29.4 Å². The van der Waals surface area contributed by atoms with Gasteiger partial charge in [-0.05, 0) is 46.1 Å². The Balaban J connectivity index is 3.35. The Morgan fingerprint density at radius 3 is 2.30 bits per heavy atom. The maximum Gasteiger partial charge on any atom is 0.408 e. The highest BCUT2D eigenvalue weighted by molar-refractivity contribution is 5.92. The molecular formula is C26H41N3O8. The molecule has 11 nitrogen and oxygen atoms in total. The number of nitrogens with one attached hydrogen (secondary N) is 2. The number of phenolic OH excluding ortho intramolecular Hbond substituents is 1. The number of hydrogen-bond donors (Lipinski definition) is 4. The maximum absolute atomic E-state index is 13.8. The van der Waals surface area contributed by atoms with Crippen molar-refractivity contribution in [3.05, 3.63) is 29.8 Å². The third-order valence-electron chi connectivity index (χ3n) is 5.05. The summed E-state index contributed by atoms with van der Waals surface area (Å²) in [5.41, 5.74) is -0.671. The monoisotopic (exact) mass is 523 g/mol. The second kappa shape index (κ2) is 15.0. The number of esters is 1. The highest BCUT2D eigenvalue weighted by atomic mass is 16.6. The second-order valence-corrected chi connectivity index (χ2v) is 9.89. The molecule has 1 aromatic rings. The Morgan fingerprint density at radius 1 is 1.11 bits per heavy atom. The summed E-state index contributed by atoms with van der Waals surface area (Å²) >= 11 is 0. The van der Waals surface area contributed by atoms with Crippen LogP contribution in [-0.2, 0) is 23.9 Å². The lowest BCUT2D eigenvalue weighted by molar-refractivity contribution is -0.144. The highest BCUT2D eigenvalue weighted by Gasteiger charge is 2.37. The molecule has 208 valence electrons. The predicted octanol–water partition coefficient (Wildman–Crippen LogP) is 2.26. The van der Waals surface area contributed by atoms with Gasteiger partial charge in [0, 0.05) is 18.7 Å². The molecule has 0 aliphatic carbocycles. The van der Waals surface area contributed by atoms with Crippen molar-refractivity contribution in [3.63, 3.8) is 0 Å². The molecule has 1 aromatic carbocycles. The van der Waals surface area contributed by atoms with Gasteiger partial charge in [-0.25, -0.2) is 4.79 Å². The van der Waals surface area contributed by atoms with Crippen LogP contribution < -0.4 is 10.6 Å². The zero-order valence-corrected chi connectivity index (χ0v) is 22.6. The van der Waals surface area contributed by atoms with Gasteiger partial charge in [-0.15, -0.1) is 0 Å². The van der Waals surface area contributed by atoms with Crippen LogP contribution in [-0.4, -0.2) is 76.9 Å². The fraction of sp³-hybridized carbons (Fsp3) is 0.615. The first-order valence-corrected chi connectivity index (χ1v) is 12.4. The highest BCUT2D eigenvalue weighted by Crippen LogP contribution is 2.30. The molecule has 0 radical (unpaired) electrons. The molecular weight excluding hydrogens is 482 g/mol. The predicted molar refractivity (Wildman–Crippen MR) is 137 cm³/mol. The van der Waals surface area contributed by atoms with Crippen LogP contribution in [0.1, 0.15) is 66.0 Å². The van der Waals surface area contributed by atoms with Gasteiger partial charge in [0.25, 0.3) is 0 Å². The summed E-state index contributed by atoms with van der Waals surface area (Å²) in [4.78, 5) is 52.4. The molecule has 2 atom stereocenters. The van der Waals surface area contributed by atoms with Crippen molar-refractivity contribution < 1.29 is 38.9 Å². The molecule has 1 rings (SSSR count). The average molecular weight is 524 g/mol. The first kappa shape index (κ1) is 31.7. The van der Waals surface area contributed by atoms with Gasteiger partial charge >= 0.3 is 12.1 Å². The minimum absolute atomic E-state index is 0.0122. The van der Waals surface area contributed by atoms with E-state index >= 15 is 0 Å². The molecule has 0 aliphatic heterocycles. The number of nitrogens with zero attached hydrogens (tertiary/aromatic N) is 1. The zero-order chi connectivity index (χ0) is 28.2. The molecule has 3 amide bonds. The van der Waals surface area contributed by atoms with Crippen LogP contribution in [0.15, 0.2) is 24.3 Å². The third kappa shape index (κ3) is 11.1. The van der Waals surface area contributed by atoms with E-state index < -0.39 is 48.2 Å². The molecule has 0 saturated heterocycles. The average Bonchev–Trinajstić information content (AvgIpc) is 2.77. The third-order valence-corrected chi connectivity index (χ3v) is 5.05. The number of phenols is 1. The molecule has 0 aliphatic rings. The fourth-order valence-corrected chi connectivity index (χ4v) is 3.60. The minimum Gasteiger partial charge on any atom is -0.508 e. The van der Waals surface area contributed by atoms with Crippen molar-refractivity contribution in [3.8, 4) is 5.75 Å². The molecule has 0 saturated carbocycles. The Kier molecular flexibility index (Phi) is 12.9. The fourth-order valence-electron chi connectivity index (χ4n) is 3.60. The molecule has 2 unspecified atom stereocenters. The van der Waals surface area contributed by atoms with Crippen LogP contribution >= 0.6 is 0 Å². The molecule has 0 bridgehead atoms. The topological polar surface area (TPSA) is 154 Å². The number of alkyl carbamates (subject to hydrolysis) is 1. The number of ether oxygens (including phenoxy) is 2. The molecule has 0 aromatic heterocycles. The summed E-state index contributed by atoms with van der Waals surface area (Å²) in [7, 11) is 0. The van der Waals surface area contributed by atoms with E-state index in [1.54, 1.807) is 39.8 Å². The minimum atomic E-state index is -1.35. The van der Waals surface area contributed by atoms with E-state index in [0.29, 0.717) is 0 Å². The van der Waals surface area contributed by atoms with E-state index in [1.807, 2.05) is 13.8 Å². The number of amides is 3. The number of aliphatic hydroxyl groups is 1. The Hall–Kier alpha value is -3.34. The zero-order valence-electron chi connectivity index (χ0n) is 22.6. The van der Waals surface area contributed by atoms with Crippen molar-refractivity contribution >= 4 is 23.9 Å². The first-order valence-electron chi connectivity index (χ1n) is 12.4. The van der Waals surface area contributed by atoms with Gasteiger partial charge in [0.15, 0.2) is 0 Å². The lowest BCUT2D eigenvalue weighted by atomic mass is 9.98. The number of aliphatic hydroxyl groups excluding tert-OH is 1. The molecule has 0 fully saturated rings. The van der Waals surface area contributed by atoms with Crippen molar-refractivity contribution in [2.24, 2.45) is 5.92 Å². The van der Waals surface area contributed by atoms with E-state index in [4.69, 9.17) is 9.47 Å². The van der Waals surface area contributed by atoms with E-state index in [2.05, 4.69) is 10.6 Å². The van der Waals surface area contributed by atoms with Crippen LogP contribution in [0.5, 0.6) is 5.75 Å². The van der Waals surface area contributed by atoms with Gasteiger partial charge in [-0.1, -0.05) is 32.0 Å². The Labute approximate surface area is 218 Å². The van der Waals surface area contributed by atoms with Gasteiger partial charge < -0.3 is 35.2 Å². The summed E-state index contributed by atoms with van der Waals surface area (Å²) in [5.74, 6) is -2.05. The summed E-state index contributed by atoms with van der Waals surface area (Å²) < 4.78 is 10.2. The Bertz CT molecular complexity index is 913. The van der Waals surface area contributed by atoms with Crippen LogP contribution in [0.3, 0.4) is 0 Å². The van der Waals surface area contributed by atoms with Crippen LogP contribution in [0.4, 0.5) is 4.79 Å². The molecule has 0 heterocycles. The SMILES string of the molecule is CCOC(=O)CCNC(=O)C(c1ccccc1O)N(CCO)C(=O)C(CC(C)C)NC(=O)OC(C)(C)C. The van der Waals surface area contributed by atoms with Gasteiger partial charge in [0.1, 0.15) is 23.4 Å². The molecule has 11 heteroatoms. The largest absolute Gasteiger partial charge is 0.508 e. The summed E-state index contributed by atoms with van der Waals surface area (Å²) in [6, 6.07) is 3.61. The summed E-state index contributed by atoms with van der Waals surface area (Å²) in [6.07, 6.45) is -0.650. The Morgan fingerprint density at radius 2 is 1.76 bits per heavy atom. The number of aromatic hydroxyl groups is 1. The first-order chi connectivity index (χ1) is 17.3. The molecule has 4 N–H and O–H groups in total. The van der Waals surface area contributed by atoms with Gasteiger partial charge in [0.05, 0.1) is 19.6 Å². The van der Waals surface area contributed by atoms with E-state index in [1.165, 1.54) is 12.1 Å². The van der Waals surface area contributed by atoms with E-state index in [-0.39, 0.29) is 49.8 Å². The van der Waals surface area contributed by atoms with Gasteiger partial charge in [0.2, 0.25) is 11.8 Å². The smallest absolute Gasteiger partial charge is 0.408 e. The lowest BCUT2D eigenvalue weighted by Crippen LogP contribution is -2.54. The quantitative estimate of drug-likeness (QED) is 0.287. The van der Waals surface area contributed by atoms with E-state index in [0.717, 1.165) is 4.90 Å². The standard InChI is InChI=1S/C26H41N3O8/c1-7-36-21(32)12-13-27-23(33)22(18-10-8-9-11-20(18)31)29(14-15-30)24(34)19(16-17(2)3)28-25(35)37-26(4,5)6/h8-11,17,19,22,30-31H,7,12-16H2,1-6H3,(H,27,33)(H,28,35). The summed E-state index contributed by atoms with van der Waals surface area (Å²) in [5, 5.41) is 25.5. The number of carbonyl (C=O) groups is 4. The number of carbonyl (C=O) groups excluding carboxylic acids is 4. The van der Waals surface area contributed by atoms with Gasteiger partial charge in [-0.2, -0.15) is 0 Å². The van der Waals surface area contributed by atoms with Crippen molar-refractivity contribution in [2.45, 2.75) is 72.1 Å².